The Balaban J connectivity index is 1.72. The van der Waals surface area contributed by atoms with Crippen molar-refractivity contribution in [2.45, 2.75) is 18.6 Å². The SMILES string of the molecule is CNCc1ccc(C2ONc3cc(F)cc4c(=O)[nH]nc(c34)C2c2ncn[nH]2)cc1. The molecular formula is C20H18FN7O2. The summed E-state index contributed by atoms with van der Waals surface area (Å²) < 4.78 is 14.2. The van der Waals surface area contributed by atoms with Gasteiger partial charge in [0.2, 0.25) is 0 Å². The van der Waals surface area contributed by atoms with E-state index in [1.807, 2.05) is 31.3 Å². The number of benzene rings is 2. The van der Waals surface area contributed by atoms with Crippen molar-refractivity contribution in [3.8, 4) is 0 Å². The van der Waals surface area contributed by atoms with Crippen LogP contribution in [0.3, 0.4) is 0 Å². The number of halogens is 1. The maximum atomic E-state index is 14.2. The van der Waals surface area contributed by atoms with Crippen LogP contribution in [0.4, 0.5) is 10.1 Å². The van der Waals surface area contributed by atoms with Crippen molar-refractivity contribution in [1.29, 1.82) is 0 Å². The van der Waals surface area contributed by atoms with E-state index in [1.54, 1.807) is 0 Å². The average Bonchev–Trinajstić information content (AvgIpc) is 3.22. The number of H-pyrrole nitrogens is 2. The van der Waals surface area contributed by atoms with Gasteiger partial charge >= 0.3 is 0 Å². The summed E-state index contributed by atoms with van der Waals surface area (Å²) in [7, 11) is 1.88. The number of hydrogen-bond donors (Lipinski definition) is 4. The summed E-state index contributed by atoms with van der Waals surface area (Å²) in [5, 5.41) is 17.4. The van der Waals surface area contributed by atoms with Gasteiger partial charge < -0.3 is 5.32 Å². The lowest BCUT2D eigenvalue weighted by Crippen LogP contribution is -2.20. The molecule has 30 heavy (non-hydrogen) atoms. The van der Waals surface area contributed by atoms with Crippen LogP contribution >= 0.6 is 0 Å². The Morgan fingerprint density at radius 1 is 1.20 bits per heavy atom. The molecule has 1 aliphatic rings. The molecule has 0 saturated carbocycles. The van der Waals surface area contributed by atoms with E-state index in [-0.39, 0.29) is 5.39 Å². The maximum absolute atomic E-state index is 14.2. The maximum Gasteiger partial charge on any atom is 0.272 e. The largest absolute Gasteiger partial charge is 0.316 e. The highest BCUT2D eigenvalue weighted by atomic mass is 19.1. The van der Waals surface area contributed by atoms with E-state index in [0.717, 1.165) is 17.7 Å². The first-order chi connectivity index (χ1) is 14.7. The molecule has 0 aliphatic carbocycles. The van der Waals surface area contributed by atoms with Crippen molar-refractivity contribution in [3.05, 3.63) is 81.5 Å². The van der Waals surface area contributed by atoms with E-state index in [1.165, 1.54) is 18.5 Å². The van der Waals surface area contributed by atoms with Crippen LogP contribution in [0.15, 0.2) is 47.5 Å². The van der Waals surface area contributed by atoms with E-state index in [0.29, 0.717) is 22.6 Å². The van der Waals surface area contributed by atoms with Crippen LogP contribution in [0.5, 0.6) is 0 Å². The molecule has 0 amide bonds. The number of anilines is 1. The van der Waals surface area contributed by atoms with Crippen LogP contribution in [0, 0.1) is 5.82 Å². The zero-order chi connectivity index (χ0) is 20.7. The fourth-order valence-electron chi connectivity index (χ4n) is 3.86. The quantitative estimate of drug-likeness (QED) is 0.409. The molecule has 0 radical (unpaired) electrons. The summed E-state index contributed by atoms with van der Waals surface area (Å²) >= 11 is 0. The second kappa shape index (κ2) is 7.32. The number of nitrogens with zero attached hydrogens (tertiary/aromatic N) is 3. The molecule has 4 aromatic rings. The number of aromatic amines is 2. The van der Waals surface area contributed by atoms with Crippen molar-refractivity contribution >= 4 is 16.5 Å². The van der Waals surface area contributed by atoms with Crippen molar-refractivity contribution < 1.29 is 9.23 Å². The summed E-state index contributed by atoms with van der Waals surface area (Å²) in [6.07, 6.45) is 0.827. The first-order valence-corrected chi connectivity index (χ1v) is 9.38. The molecule has 2 aromatic heterocycles. The molecule has 0 bridgehead atoms. The second-order valence-electron chi connectivity index (χ2n) is 7.07. The van der Waals surface area contributed by atoms with Gasteiger partial charge in [0.15, 0.2) is 0 Å². The minimum Gasteiger partial charge on any atom is -0.316 e. The molecule has 152 valence electrons. The van der Waals surface area contributed by atoms with Crippen molar-refractivity contribution in [1.82, 2.24) is 30.7 Å². The van der Waals surface area contributed by atoms with Crippen molar-refractivity contribution in [2.75, 3.05) is 12.5 Å². The first kappa shape index (κ1) is 18.4. The average molecular weight is 407 g/mol. The molecule has 2 unspecified atom stereocenters. The normalized spacial score (nSPS) is 18.2. The summed E-state index contributed by atoms with van der Waals surface area (Å²) in [6, 6.07) is 10.4. The van der Waals surface area contributed by atoms with Gasteiger partial charge in [0.1, 0.15) is 24.1 Å². The molecule has 9 nitrogen and oxygen atoms in total. The third-order valence-electron chi connectivity index (χ3n) is 5.19. The smallest absolute Gasteiger partial charge is 0.272 e. The van der Waals surface area contributed by atoms with E-state index in [4.69, 9.17) is 4.84 Å². The summed E-state index contributed by atoms with van der Waals surface area (Å²) in [5.41, 5.74) is 5.16. The zero-order valence-corrected chi connectivity index (χ0v) is 15.9. The minimum atomic E-state index is -0.571. The van der Waals surface area contributed by atoms with Crippen molar-refractivity contribution in [3.63, 3.8) is 0 Å². The van der Waals surface area contributed by atoms with Crippen LogP contribution in [0.2, 0.25) is 0 Å². The van der Waals surface area contributed by atoms with Gasteiger partial charge in [0.05, 0.1) is 22.7 Å². The second-order valence-corrected chi connectivity index (χ2v) is 7.07. The Labute approximate surface area is 169 Å². The third-order valence-corrected chi connectivity index (χ3v) is 5.19. The number of nitrogens with one attached hydrogen (secondary N) is 4. The molecule has 10 heteroatoms. The van der Waals surface area contributed by atoms with Crippen LogP contribution < -0.4 is 16.4 Å². The fraction of sp³-hybridized carbons (Fsp3) is 0.200. The molecule has 0 fully saturated rings. The highest BCUT2D eigenvalue weighted by molar-refractivity contribution is 5.95. The van der Waals surface area contributed by atoms with Gasteiger partial charge in [0.25, 0.3) is 5.56 Å². The molecular weight excluding hydrogens is 389 g/mol. The number of hydrogen-bond acceptors (Lipinski definition) is 7. The Morgan fingerprint density at radius 3 is 2.77 bits per heavy atom. The molecule has 4 N–H and O–H groups in total. The molecule has 2 atom stereocenters. The summed E-state index contributed by atoms with van der Waals surface area (Å²) in [6.45, 7) is 0.738. The van der Waals surface area contributed by atoms with E-state index < -0.39 is 23.4 Å². The lowest BCUT2D eigenvalue weighted by atomic mass is 9.89. The van der Waals surface area contributed by atoms with Gasteiger partial charge in [-0.3, -0.25) is 20.2 Å². The summed E-state index contributed by atoms with van der Waals surface area (Å²) in [5.74, 6) is -0.567. The van der Waals surface area contributed by atoms with Crippen LogP contribution in [0.25, 0.3) is 10.8 Å². The lowest BCUT2D eigenvalue weighted by molar-refractivity contribution is 0.0859. The van der Waals surface area contributed by atoms with Gasteiger partial charge in [-0.25, -0.2) is 14.5 Å². The standard InChI is InChI=1S/C20H18FN7O2/c1-22-8-10-2-4-11(5-3-10)18-16(19-23-9-24-26-19)17-15-13(20(29)27-25-17)6-12(21)7-14(15)28-30-18/h2-7,9,16,18,22,28H,8H2,1H3,(H,27,29)(H,23,24,26). The molecule has 5 rings (SSSR count). The number of aromatic nitrogens is 5. The fourth-order valence-corrected chi connectivity index (χ4v) is 3.86. The Morgan fingerprint density at radius 2 is 2.03 bits per heavy atom. The van der Waals surface area contributed by atoms with Gasteiger partial charge in [-0.1, -0.05) is 24.3 Å². The topological polar surface area (TPSA) is 121 Å². The lowest BCUT2D eigenvalue weighted by Gasteiger charge is -2.23. The molecule has 2 aromatic carbocycles. The predicted octanol–water partition coefficient (Wildman–Crippen LogP) is 2.13. The van der Waals surface area contributed by atoms with Gasteiger partial charge in [0, 0.05) is 11.9 Å². The Kier molecular flexibility index (Phi) is 4.49. The van der Waals surface area contributed by atoms with E-state index >= 15 is 0 Å². The molecule has 3 heterocycles. The van der Waals surface area contributed by atoms with Crippen LogP contribution in [-0.2, 0) is 11.4 Å². The first-order valence-electron chi connectivity index (χ1n) is 9.38. The molecule has 0 saturated heterocycles. The highest BCUT2D eigenvalue weighted by Crippen LogP contribution is 2.43. The zero-order valence-electron chi connectivity index (χ0n) is 15.9. The summed E-state index contributed by atoms with van der Waals surface area (Å²) in [4.78, 5) is 22.7. The predicted molar refractivity (Wildman–Crippen MR) is 107 cm³/mol. The Hall–Kier alpha value is -3.63. The highest BCUT2D eigenvalue weighted by Gasteiger charge is 2.36. The Bertz CT molecular complexity index is 1250. The van der Waals surface area contributed by atoms with Crippen LogP contribution in [0.1, 0.15) is 34.7 Å². The van der Waals surface area contributed by atoms with Gasteiger partial charge in [-0.15, -0.1) is 0 Å². The van der Waals surface area contributed by atoms with E-state index in [9.17, 15) is 9.18 Å². The molecule has 0 spiro atoms. The van der Waals surface area contributed by atoms with Crippen LogP contribution in [-0.4, -0.2) is 32.4 Å². The van der Waals surface area contributed by atoms with E-state index in [2.05, 4.69) is 36.2 Å². The third kappa shape index (κ3) is 3.02. The van der Waals surface area contributed by atoms with Gasteiger partial charge in [-0.2, -0.15) is 10.2 Å². The monoisotopic (exact) mass is 407 g/mol. The number of rotatable bonds is 4. The molecule has 1 aliphatic heterocycles. The minimum absolute atomic E-state index is 0.181. The van der Waals surface area contributed by atoms with Gasteiger partial charge in [-0.05, 0) is 30.3 Å². The van der Waals surface area contributed by atoms with Crippen molar-refractivity contribution in [2.24, 2.45) is 0 Å².